The van der Waals surface area contributed by atoms with E-state index in [1.165, 1.54) is 21.5 Å². The number of hydrogen-bond acceptors (Lipinski definition) is 8. The molecule has 3 heterocycles. The average Bonchev–Trinajstić information content (AvgIpc) is 3.44. The van der Waals surface area contributed by atoms with Gasteiger partial charge in [0, 0.05) is 25.7 Å². The smallest absolute Gasteiger partial charge is 0.410 e. The van der Waals surface area contributed by atoms with Gasteiger partial charge in [-0.15, -0.1) is 0 Å². The van der Waals surface area contributed by atoms with E-state index in [1.807, 2.05) is 0 Å². The number of carboxylic acid groups (broad SMARTS) is 1. The Morgan fingerprint density at radius 3 is 2.32 bits per heavy atom. The first kappa shape index (κ1) is 27.4. The standard InChI is InChI=1S/C24H36N4O8S/c1-22(2,3)36-21(32)28-11-15(12-28)35-14-23(4,5)37(33,34)24(8-9-24)13-27-10-7-16-17(20(30)31)25-26(6)18(16)19(27)29/h15H,7-14H2,1-6H3,(H,30,31). The molecule has 0 unspecified atom stereocenters. The molecule has 0 aromatic carbocycles. The number of aromatic carboxylic acids is 1. The van der Waals surface area contributed by atoms with Gasteiger partial charge >= 0.3 is 12.1 Å². The fraction of sp³-hybridized carbons (Fsp3) is 0.750. The summed E-state index contributed by atoms with van der Waals surface area (Å²) in [5.41, 5.74) is -0.152. The average molecular weight is 541 g/mol. The van der Waals surface area contributed by atoms with Gasteiger partial charge in [-0.05, 0) is 53.9 Å². The number of carboxylic acids is 1. The maximum absolute atomic E-state index is 13.8. The molecule has 1 aliphatic carbocycles. The molecular formula is C24H36N4O8S. The highest BCUT2D eigenvalue weighted by Gasteiger charge is 2.61. The molecule has 37 heavy (non-hydrogen) atoms. The second-order valence-corrected chi connectivity index (χ2v) is 14.8. The molecule has 1 aromatic rings. The number of fused-ring (bicyclic) bond motifs is 1. The number of rotatable bonds is 8. The summed E-state index contributed by atoms with van der Waals surface area (Å²) in [7, 11) is -2.20. The maximum atomic E-state index is 13.8. The van der Waals surface area contributed by atoms with E-state index in [0.717, 1.165) is 0 Å². The van der Waals surface area contributed by atoms with Gasteiger partial charge in [0.1, 0.15) is 11.3 Å². The largest absolute Gasteiger partial charge is 0.476 e. The molecule has 1 N–H and O–H groups in total. The lowest BCUT2D eigenvalue weighted by molar-refractivity contribution is -0.0669. The maximum Gasteiger partial charge on any atom is 0.410 e. The fourth-order valence-corrected chi connectivity index (χ4v) is 7.25. The SMILES string of the molecule is Cn1nc(C(=O)O)c2c1C(=O)N(CC1(S(=O)(=O)C(C)(C)COC3CN(C(=O)OC(C)(C)C)C3)CC1)CC2. The topological polar surface area (TPSA) is 148 Å². The van der Waals surface area contributed by atoms with Crippen molar-refractivity contribution in [1.82, 2.24) is 19.6 Å². The van der Waals surface area contributed by atoms with Gasteiger partial charge in [-0.3, -0.25) is 9.48 Å². The molecular weight excluding hydrogens is 504 g/mol. The van der Waals surface area contributed by atoms with Gasteiger partial charge in [0.25, 0.3) is 5.91 Å². The number of sulfone groups is 1. The lowest BCUT2D eigenvalue weighted by Crippen LogP contribution is -2.57. The van der Waals surface area contributed by atoms with Crippen molar-refractivity contribution in [2.45, 2.75) is 75.1 Å². The number of aromatic nitrogens is 2. The summed E-state index contributed by atoms with van der Waals surface area (Å²) < 4.78 is 37.8. The molecule has 1 saturated heterocycles. The van der Waals surface area contributed by atoms with E-state index in [1.54, 1.807) is 34.6 Å². The highest BCUT2D eigenvalue weighted by Crippen LogP contribution is 2.49. The Morgan fingerprint density at radius 1 is 1.16 bits per heavy atom. The summed E-state index contributed by atoms with van der Waals surface area (Å²) in [5.74, 6) is -1.60. The van der Waals surface area contributed by atoms with E-state index >= 15 is 0 Å². The lowest BCUT2D eigenvalue weighted by Gasteiger charge is -2.41. The van der Waals surface area contributed by atoms with Gasteiger partial charge in [0.2, 0.25) is 0 Å². The highest BCUT2D eigenvalue weighted by molar-refractivity contribution is 7.94. The molecule has 3 aliphatic rings. The molecule has 4 rings (SSSR count). The van der Waals surface area contributed by atoms with Crippen LogP contribution in [0.4, 0.5) is 4.79 Å². The van der Waals surface area contributed by atoms with Crippen LogP contribution in [0.2, 0.25) is 0 Å². The molecule has 12 nitrogen and oxygen atoms in total. The van der Waals surface area contributed by atoms with Crippen molar-refractivity contribution in [2.24, 2.45) is 7.05 Å². The molecule has 1 aromatic heterocycles. The van der Waals surface area contributed by atoms with Gasteiger partial charge in [0.05, 0.1) is 35.3 Å². The van der Waals surface area contributed by atoms with Crippen molar-refractivity contribution in [1.29, 1.82) is 0 Å². The van der Waals surface area contributed by atoms with E-state index in [2.05, 4.69) is 5.10 Å². The number of likely N-dealkylation sites (tertiary alicyclic amines) is 1. The predicted molar refractivity (Wildman–Crippen MR) is 132 cm³/mol. The summed E-state index contributed by atoms with van der Waals surface area (Å²) in [6, 6.07) is 0. The van der Waals surface area contributed by atoms with Crippen LogP contribution in [-0.2, 0) is 32.8 Å². The van der Waals surface area contributed by atoms with E-state index in [0.29, 0.717) is 37.9 Å². The van der Waals surface area contributed by atoms with Crippen LogP contribution in [-0.4, -0.2) is 105 Å². The summed E-state index contributed by atoms with van der Waals surface area (Å²) in [5, 5.41) is 13.3. The van der Waals surface area contributed by atoms with Crippen molar-refractivity contribution >= 4 is 27.8 Å². The summed E-state index contributed by atoms with van der Waals surface area (Å²) >= 11 is 0. The van der Waals surface area contributed by atoms with Crippen molar-refractivity contribution in [3.8, 4) is 0 Å². The number of hydrogen-bond donors (Lipinski definition) is 1. The number of aryl methyl sites for hydroxylation is 1. The Balaban J connectivity index is 1.38. The molecule has 0 atom stereocenters. The molecule has 0 spiro atoms. The minimum absolute atomic E-state index is 0.0360. The third-order valence-corrected chi connectivity index (χ3v) is 10.5. The van der Waals surface area contributed by atoms with E-state index in [4.69, 9.17) is 9.47 Å². The Kier molecular flexibility index (Phi) is 6.63. The number of carbonyl (C=O) groups is 3. The van der Waals surface area contributed by atoms with Gasteiger partial charge in [0.15, 0.2) is 15.5 Å². The first-order valence-electron chi connectivity index (χ1n) is 12.4. The zero-order chi connectivity index (χ0) is 27.6. The Bertz CT molecular complexity index is 1220. The fourth-order valence-electron chi connectivity index (χ4n) is 4.89. The molecule has 13 heteroatoms. The summed E-state index contributed by atoms with van der Waals surface area (Å²) in [6.45, 7) is 9.54. The van der Waals surface area contributed by atoms with Crippen LogP contribution in [0.25, 0.3) is 0 Å². The second kappa shape index (κ2) is 8.97. The Morgan fingerprint density at radius 2 is 1.78 bits per heavy atom. The summed E-state index contributed by atoms with van der Waals surface area (Å²) in [6.07, 6.45) is 0.491. The van der Waals surface area contributed by atoms with Crippen molar-refractivity contribution in [3.05, 3.63) is 17.0 Å². The normalized spacial score (nSPS) is 19.9. The quantitative estimate of drug-likeness (QED) is 0.517. The predicted octanol–water partition coefficient (Wildman–Crippen LogP) is 1.48. The molecule has 0 radical (unpaired) electrons. The first-order valence-corrected chi connectivity index (χ1v) is 13.9. The van der Waals surface area contributed by atoms with Crippen LogP contribution >= 0.6 is 0 Å². The zero-order valence-electron chi connectivity index (χ0n) is 22.2. The third-order valence-electron chi connectivity index (χ3n) is 7.22. The molecule has 1 saturated carbocycles. The van der Waals surface area contributed by atoms with Gasteiger partial charge < -0.3 is 24.4 Å². The van der Waals surface area contributed by atoms with Crippen LogP contribution in [0.15, 0.2) is 0 Å². The van der Waals surface area contributed by atoms with E-state index in [9.17, 15) is 27.9 Å². The molecule has 0 bridgehead atoms. The second-order valence-electron chi connectivity index (χ2n) is 11.8. The minimum atomic E-state index is -3.72. The van der Waals surface area contributed by atoms with Crippen LogP contribution in [0, 0.1) is 0 Å². The highest BCUT2D eigenvalue weighted by atomic mass is 32.2. The van der Waals surface area contributed by atoms with Crippen LogP contribution in [0.5, 0.6) is 0 Å². The van der Waals surface area contributed by atoms with Crippen molar-refractivity contribution < 1.29 is 37.4 Å². The van der Waals surface area contributed by atoms with E-state index in [-0.39, 0.29) is 37.2 Å². The van der Waals surface area contributed by atoms with Gasteiger partial charge in [-0.25, -0.2) is 18.0 Å². The first-order chi connectivity index (χ1) is 17.0. The van der Waals surface area contributed by atoms with Gasteiger partial charge in [-0.2, -0.15) is 5.10 Å². The zero-order valence-corrected chi connectivity index (χ0v) is 23.1. The molecule has 2 fully saturated rings. The van der Waals surface area contributed by atoms with E-state index < -0.39 is 42.9 Å². The number of ether oxygens (including phenoxy) is 2. The number of carbonyl (C=O) groups excluding carboxylic acids is 2. The molecule has 206 valence electrons. The Hall–Kier alpha value is -2.67. The minimum Gasteiger partial charge on any atom is -0.476 e. The molecule has 2 amide bonds. The Labute approximate surface area is 216 Å². The lowest BCUT2D eigenvalue weighted by atomic mass is 10.0. The number of amides is 2. The monoisotopic (exact) mass is 540 g/mol. The van der Waals surface area contributed by atoms with Crippen LogP contribution in [0.3, 0.4) is 0 Å². The van der Waals surface area contributed by atoms with Crippen molar-refractivity contribution in [3.63, 3.8) is 0 Å². The van der Waals surface area contributed by atoms with Crippen LogP contribution < -0.4 is 0 Å². The third kappa shape index (κ3) is 4.95. The number of nitrogens with zero attached hydrogens (tertiary/aromatic N) is 4. The van der Waals surface area contributed by atoms with Crippen molar-refractivity contribution in [2.75, 3.05) is 32.8 Å². The van der Waals surface area contributed by atoms with Crippen LogP contribution in [0.1, 0.15) is 74.0 Å². The van der Waals surface area contributed by atoms with Gasteiger partial charge in [-0.1, -0.05) is 0 Å². The molecule has 2 aliphatic heterocycles. The summed E-state index contributed by atoms with van der Waals surface area (Å²) in [4.78, 5) is 39.8.